The van der Waals surface area contributed by atoms with Gasteiger partial charge in [-0.15, -0.1) is 0 Å². The Morgan fingerprint density at radius 1 is 1.22 bits per heavy atom. The molecule has 0 radical (unpaired) electrons. The van der Waals surface area contributed by atoms with Crippen molar-refractivity contribution in [3.63, 3.8) is 0 Å². The van der Waals surface area contributed by atoms with Gasteiger partial charge < -0.3 is 14.2 Å². The van der Waals surface area contributed by atoms with Crippen LogP contribution in [0.1, 0.15) is 28.0 Å². The summed E-state index contributed by atoms with van der Waals surface area (Å²) in [5.41, 5.74) is 0.263. The summed E-state index contributed by atoms with van der Waals surface area (Å²) in [5, 5.41) is 4.55. The highest BCUT2D eigenvalue weighted by atomic mass is 35.5. The third-order valence-electron chi connectivity index (χ3n) is 3.83. The lowest BCUT2D eigenvalue weighted by Gasteiger charge is -2.34. The van der Waals surface area contributed by atoms with Gasteiger partial charge in [0.05, 0.1) is 11.3 Å². The Bertz CT molecular complexity index is 702. The van der Waals surface area contributed by atoms with Gasteiger partial charge in [-0.2, -0.15) is 5.10 Å². The number of hydrogen-bond acceptors (Lipinski definition) is 4. The summed E-state index contributed by atoms with van der Waals surface area (Å²) in [6.45, 7) is 4.38. The van der Waals surface area contributed by atoms with Crippen LogP contribution < -0.4 is 0 Å². The van der Waals surface area contributed by atoms with E-state index in [-0.39, 0.29) is 17.5 Å². The Labute approximate surface area is 138 Å². The van der Waals surface area contributed by atoms with Crippen molar-refractivity contribution in [2.45, 2.75) is 13.5 Å². The number of aryl methyl sites for hydroxylation is 1. The molecule has 0 spiro atoms. The highest BCUT2D eigenvalue weighted by Crippen LogP contribution is 2.18. The lowest BCUT2D eigenvalue weighted by molar-refractivity contribution is 0.0515. The molecule has 0 saturated carbocycles. The summed E-state index contributed by atoms with van der Waals surface area (Å²) >= 11 is 6.08. The Kier molecular flexibility index (Phi) is 4.38. The zero-order valence-electron chi connectivity index (χ0n) is 12.7. The third kappa shape index (κ3) is 3.10. The standard InChI is InChI=1S/C15H17ClN4O3/c1-2-20-10-11(16)13(17-20)15(22)19-7-5-18(6-8-19)14(21)12-4-3-9-23-12/h3-4,9-10H,2,5-8H2,1H3. The second-order valence-electron chi connectivity index (χ2n) is 5.24. The summed E-state index contributed by atoms with van der Waals surface area (Å²) in [5.74, 6) is -0.0443. The van der Waals surface area contributed by atoms with Gasteiger partial charge in [-0.05, 0) is 19.1 Å². The molecule has 0 N–H and O–H groups in total. The van der Waals surface area contributed by atoms with E-state index in [1.165, 1.54) is 6.26 Å². The van der Waals surface area contributed by atoms with E-state index in [0.717, 1.165) is 0 Å². The van der Waals surface area contributed by atoms with Crippen LogP contribution in [-0.2, 0) is 6.54 Å². The minimum Gasteiger partial charge on any atom is -0.459 e. The summed E-state index contributed by atoms with van der Waals surface area (Å²) in [6.07, 6.45) is 3.12. The van der Waals surface area contributed by atoms with Gasteiger partial charge in [-0.1, -0.05) is 11.6 Å². The lowest BCUT2D eigenvalue weighted by atomic mass is 10.2. The molecule has 0 bridgehead atoms. The van der Waals surface area contributed by atoms with Crippen LogP contribution in [0.2, 0.25) is 5.02 Å². The smallest absolute Gasteiger partial charge is 0.289 e. The van der Waals surface area contributed by atoms with Gasteiger partial charge in [0.2, 0.25) is 0 Å². The summed E-state index contributed by atoms with van der Waals surface area (Å²) in [4.78, 5) is 28.0. The second kappa shape index (κ2) is 6.45. The molecule has 1 fully saturated rings. The van der Waals surface area contributed by atoms with Crippen LogP contribution in [0.15, 0.2) is 29.0 Å². The quantitative estimate of drug-likeness (QED) is 0.856. The highest BCUT2D eigenvalue weighted by Gasteiger charge is 2.28. The number of carbonyl (C=O) groups excluding carboxylic acids is 2. The second-order valence-corrected chi connectivity index (χ2v) is 5.65. The Hall–Kier alpha value is -2.28. The molecule has 1 saturated heterocycles. The molecule has 3 heterocycles. The zero-order valence-corrected chi connectivity index (χ0v) is 13.5. The van der Waals surface area contributed by atoms with Gasteiger partial charge in [0.1, 0.15) is 0 Å². The van der Waals surface area contributed by atoms with Crippen LogP contribution in [0.3, 0.4) is 0 Å². The van der Waals surface area contributed by atoms with Gasteiger partial charge in [0, 0.05) is 38.9 Å². The molecule has 0 atom stereocenters. The van der Waals surface area contributed by atoms with Crippen LogP contribution in [0.4, 0.5) is 0 Å². The maximum absolute atomic E-state index is 12.5. The Balaban J connectivity index is 1.63. The number of piperazine rings is 1. The van der Waals surface area contributed by atoms with E-state index >= 15 is 0 Å². The molecule has 23 heavy (non-hydrogen) atoms. The van der Waals surface area contributed by atoms with Crippen molar-refractivity contribution < 1.29 is 14.0 Å². The highest BCUT2D eigenvalue weighted by molar-refractivity contribution is 6.33. The minimum absolute atomic E-state index is 0.157. The van der Waals surface area contributed by atoms with Crippen molar-refractivity contribution in [2.75, 3.05) is 26.2 Å². The van der Waals surface area contributed by atoms with Gasteiger partial charge in [-0.3, -0.25) is 14.3 Å². The fourth-order valence-corrected chi connectivity index (χ4v) is 2.75. The predicted molar refractivity (Wildman–Crippen MR) is 83.4 cm³/mol. The number of carbonyl (C=O) groups is 2. The van der Waals surface area contributed by atoms with Crippen LogP contribution in [0, 0.1) is 0 Å². The third-order valence-corrected chi connectivity index (χ3v) is 4.11. The van der Waals surface area contributed by atoms with Gasteiger partial charge in [0.15, 0.2) is 11.5 Å². The van der Waals surface area contributed by atoms with Gasteiger partial charge in [-0.25, -0.2) is 0 Å². The van der Waals surface area contributed by atoms with Crippen LogP contribution in [0.25, 0.3) is 0 Å². The van der Waals surface area contributed by atoms with Crippen LogP contribution in [0.5, 0.6) is 0 Å². The molecule has 2 aromatic rings. The van der Waals surface area contributed by atoms with E-state index in [4.69, 9.17) is 16.0 Å². The SMILES string of the molecule is CCn1cc(Cl)c(C(=O)N2CCN(C(=O)c3ccco3)CC2)n1. The molecule has 0 aromatic carbocycles. The molecule has 7 nitrogen and oxygen atoms in total. The first-order valence-corrected chi connectivity index (χ1v) is 7.83. The number of furan rings is 1. The number of hydrogen-bond donors (Lipinski definition) is 0. The van der Waals surface area contributed by atoms with Crippen molar-refractivity contribution in [3.8, 4) is 0 Å². The van der Waals surface area contributed by atoms with Gasteiger partial charge >= 0.3 is 0 Å². The van der Waals surface area contributed by atoms with E-state index in [9.17, 15) is 9.59 Å². The number of amides is 2. The number of halogens is 1. The normalized spacial score (nSPS) is 15.0. The average Bonchev–Trinajstić information content (AvgIpc) is 3.23. The Morgan fingerprint density at radius 2 is 1.87 bits per heavy atom. The molecule has 0 aliphatic carbocycles. The number of rotatable bonds is 3. The van der Waals surface area contributed by atoms with Crippen molar-refractivity contribution in [3.05, 3.63) is 41.1 Å². The first-order valence-electron chi connectivity index (χ1n) is 7.45. The number of aromatic nitrogens is 2. The maximum atomic E-state index is 12.5. The molecule has 2 aromatic heterocycles. The molecule has 2 amide bonds. The maximum Gasteiger partial charge on any atom is 0.289 e. The summed E-state index contributed by atoms with van der Waals surface area (Å²) in [7, 11) is 0. The average molecular weight is 337 g/mol. The lowest BCUT2D eigenvalue weighted by Crippen LogP contribution is -2.50. The molecule has 3 rings (SSSR count). The van der Waals surface area contributed by atoms with Gasteiger partial charge in [0.25, 0.3) is 11.8 Å². The van der Waals surface area contributed by atoms with Crippen molar-refractivity contribution in [2.24, 2.45) is 0 Å². The first-order chi connectivity index (χ1) is 11.1. The zero-order chi connectivity index (χ0) is 16.4. The fraction of sp³-hybridized carbons (Fsp3) is 0.400. The topological polar surface area (TPSA) is 71.6 Å². The van der Waals surface area contributed by atoms with E-state index in [1.807, 2.05) is 6.92 Å². The molecular formula is C15H17ClN4O3. The summed E-state index contributed by atoms with van der Waals surface area (Å²) in [6, 6.07) is 3.32. The molecule has 1 aliphatic rings. The molecule has 1 aliphatic heterocycles. The van der Waals surface area contributed by atoms with E-state index < -0.39 is 0 Å². The van der Waals surface area contributed by atoms with E-state index in [2.05, 4.69) is 5.10 Å². The molecule has 0 unspecified atom stereocenters. The molecular weight excluding hydrogens is 320 g/mol. The van der Waals surface area contributed by atoms with E-state index in [1.54, 1.807) is 32.8 Å². The molecule has 122 valence electrons. The van der Waals surface area contributed by atoms with Crippen LogP contribution >= 0.6 is 11.6 Å². The van der Waals surface area contributed by atoms with Crippen molar-refractivity contribution in [1.29, 1.82) is 0 Å². The fourth-order valence-electron chi connectivity index (χ4n) is 2.52. The Morgan fingerprint density at radius 3 is 2.39 bits per heavy atom. The molecule has 8 heteroatoms. The monoisotopic (exact) mass is 336 g/mol. The largest absolute Gasteiger partial charge is 0.459 e. The van der Waals surface area contributed by atoms with Crippen molar-refractivity contribution >= 4 is 23.4 Å². The first kappa shape index (κ1) is 15.6. The van der Waals surface area contributed by atoms with Crippen molar-refractivity contribution in [1.82, 2.24) is 19.6 Å². The number of nitrogens with zero attached hydrogens (tertiary/aromatic N) is 4. The van der Waals surface area contributed by atoms with Crippen LogP contribution in [-0.4, -0.2) is 57.6 Å². The minimum atomic E-state index is -0.202. The van der Waals surface area contributed by atoms with E-state index in [0.29, 0.717) is 43.5 Å². The predicted octanol–water partition coefficient (Wildman–Crippen LogP) is 1.75. The summed E-state index contributed by atoms with van der Waals surface area (Å²) < 4.78 is 6.75.